The van der Waals surface area contributed by atoms with Crippen molar-refractivity contribution in [2.75, 3.05) is 13.2 Å². The third-order valence-electron chi connectivity index (χ3n) is 13.0. The maximum absolute atomic E-state index is 12.8. The van der Waals surface area contributed by atoms with Gasteiger partial charge in [-0.1, -0.05) is 280 Å². The Balaban J connectivity index is 4.10. The summed E-state index contributed by atoms with van der Waals surface area (Å²) in [5.41, 5.74) is 0. The molecular formula is C64H112O6. The number of hydrogen-bond donors (Lipinski definition) is 0. The number of rotatable bonds is 54. The molecule has 0 N–H and O–H groups in total. The highest BCUT2D eigenvalue weighted by atomic mass is 16.6. The molecule has 0 bridgehead atoms. The van der Waals surface area contributed by atoms with Gasteiger partial charge in [-0.05, 0) is 70.6 Å². The van der Waals surface area contributed by atoms with Gasteiger partial charge < -0.3 is 14.2 Å². The van der Waals surface area contributed by atoms with E-state index in [1.54, 1.807) is 0 Å². The van der Waals surface area contributed by atoms with Crippen molar-refractivity contribution in [3.8, 4) is 0 Å². The molecule has 0 saturated carbocycles. The maximum Gasteiger partial charge on any atom is 0.306 e. The van der Waals surface area contributed by atoms with Gasteiger partial charge in [-0.3, -0.25) is 14.4 Å². The summed E-state index contributed by atoms with van der Waals surface area (Å²) in [5, 5.41) is 0. The molecule has 0 aromatic rings. The lowest BCUT2D eigenvalue weighted by molar-refractivity contribution is -0.167. The molecule has 6 nitrogen and oxygen atoms in total. The van der Waals surface area contributed by atoms with Crippen molar-refractivity contribution in [3.05, 3.63) is 72.9 Å². The van der Waals surface area contributed by atoms with Crippen LogP contribution in [-0.2, 0) is 28.6 Å². The zero-order valence-corrected chi connectivity index (χ0v) is 46.3. The third kappa shape index (κ3) is 55.8. The SMILES string of the molecule is CC/C=C\C/C=C\C/C=C\C/C=C\C/C=C\C/C=C\CCCCCCCCC(=O)OCC(COC(=O)CCCCCCC)OC(=O)CCCCCCCCCCCCCCCCCCCCCCCC. The fourth-order valence-electron chi connectivity index (χ4n) is 8.51. The van der Waals surface area contributed by atoms with E-state index in [-0.39, 0.29) is 31.1 Å². The van der Waals surface area contributed by atoms with Crippen molar-refractivity contribution in [1.82, 2.24) is 0 Å². The highest BCUT2D eigenvalue weighted by Crippen LogP contribution is 2.17. The summed E-state index contributed by atoms with van der Waals surface area (Å²) in [6.45, 7) is 6.46. The Hall–Kier alpha value is -3.15. The van der Waals surface area contributed by atoms with Crippen LogP contribution in [0.2, 0.25) is 0 Å². The normalized spacial score (nSPS) is 12.6. The summed E-state index contributed by atoms with van der Waals surface area (Å²) in [6, 6.07) is 0. The lowest BCUT2D eigenvalue weighted by Crippen LogP contribution is -2.30. The predicted molar refractivity (Wildman–Crippen MR) is 302 cm³/mol. The number of hydrogen-bond acceptors (Lipinski definition) is 6. The van der Waals surface area contributed by atoms with E-state index >= 15 is 0 Å². The molecule has 0 rings (SSSR count). The van der Waals surface area contributed by atoms with Gasteiger partial charge in [-0.2, -0.15) is 0 Å². The Bertz CT molecular complexity index is 1310. The standard InChI is InChI=1S/C64H112O6/c1-4-7-10-13-15-17-19-21-23-25-27-29-31-32-33-35-36-38-40-42-44-46-48-51-54-57-63(66)69-60-61(59-68-62(65)56-53-50-12-9-6-3)70-64(67)58-55-52-49-47-45-43-41-39-37-34-30-28-26-24-22-20-18-16-14-11-8-5-2/h7,10,15,17,21,23,27,29,32-33,36,38,61H,4-6,8-9,11-14,16,18-20,22,24-26,28,30-31,34-35,37,39-60H2,1-3H3/b10-7-,17-15-,23-21-,29-27-,33-32-,38-36-. The van der Waals surface area contributed by atoms with Crippen molar-refractivity contribution in [1.29, 1.82) is 0 Å². The minimum atomic E-state index is -0.777. The summed E-state index contributed by atoms with van der Waals surface area (Å²) < 4.78 is 16.7. The van der Waals surface area contributed by atoms with Gasteiger partial charge in [0, 0.05) is 19.3 Å². The molecule has 0 radical (unpaired) electrons. The number of unbranched alkanes of at least 4 members (excludes halogenated alkanes) is 31. The summed E-state index contributed by atoms with van der Waals surface area (Å²) in [7, 11) is 0. The number of ether oxygens (including phenoxy) is 3. The largest absolute Gasteiger partial charge is 0.462 e. The lowest BCUT2D eigenvalue weighted by atomic mass is 10.0. The van der Waals surface area contributed by atoms with Gasteiger partial charge in [0.15, 0.2) is 6.10 Å². The average molecular weight is 978 g/mol. The Morgan fingerprint density at radius 2 is 0.557 bits per heavy atom. The first-order valence-electron chi connectivity index (χ1n) is 29.9. The van der Waals surface area contributed by atoms with Crippen LogP contribution in [0.15, 0.2) is 72.9 Å². The van der Waals surface area contributed by atoms with Gasteiger partial charge in [0.25, 0.3) is 0 Å². The molecule has 0 saturated heterocycles. The molecule has 0 aliphatic carbocycles. The average Bonchev–Trinajstić information content (AvgIpc) is 3.36. The molecule has 0 aliphatic heterocycles. The number of carbonyl (C=O) groups excluding carboxylic acids is 3. The summed E-state index contributed by atoms with van der Waals surface area (Å²) >= 11 is 0. The lowest BCUT2D eigenvalue weighted by Gasteiger charge is -2.18. The fourth-order valence-corrected chi connectivity index (χ4v) is 8.51. The van der Waals surface area contributed by atoms with E-state index in [9.17, 15) is 14.4 Å². The van der Waals surface area contributed by atoms with E-state index in [2.05, 4.69) is 93.7 Å². The molecular weight excluding hydrogens is 865 g/mol. The van der Waals surface area contributed by atoms with Gasteiger partial charge >= 0.3 is 17.9 Å². The summed E-state index contributed by atoms with van der Waals surface area (Å²) in [5.74, 6) is -0.896. The van der Waals surface area contributed by atoms with Gasteiger partial charge in [0.05, 0.1) is 0 Å². The van der Waals surface area contributed by atoms with Gasteiger partial charge in [-0.15, -0.1) is 0 Å². The smallest absolute Gasteiger partial charge is 0.306 e. The molecule has 1 atom stereocenters. The summed E-state index contributed by atoms with van der Waals surface area (Å²) in [4.78, 5) is 37.9. The van der Waals surface area contributed by atoms with Crippen LogP contribution in [0.5, 0.6) is 0 Å². The molecule has 0 fully saturated rings. The minimum Gasteiger partial charge on any atom is -0.462 e. The first kappa shape index (κ1) is 66.9. The zero-order valence-electron chi connectivity index (χ0n) is 46.3. The fraction of sp³-hybridized carbons (Fsp3) is 0.766. The van der Waals surface area contributed by atoms with Crippen LogP contribution >= 0.6 is 0 Å². The van der Waals surface area contributed by atoms with E-state index in [4.69, 9.17) is 14.2 Å². The highest BCUT2D eigenvalue weighted by molar-refractivity contribution is 5.71. The zero-order chi connectivity index (χ0) is 50.7. The van der Waals surface area contributed by atoms with E-state index < -0.39 is 6.10 Å². The molecule has 404 valence electrons. The van der Waals surface area contributed by atoms with Crippen molar-refractivity contribution < 1.29 is 28.6 Å². The van der Waals surface area contributed by atoms with Crippen molar-refractivity contribution in [2.45, 2.75) is 303 Å². The molecule has 0 spiro atoms. The minimum absolute atomic E-state index is 0.0786. The van der Waals surface area contributed by atoms with Crippen LogP contribution in [0.4, 0.5) is 0 Å². The Kier molecular flexibility index (Phi) is 55.8. The first-order valence-corrected chi connectivity index (χ1v) is 29.9. The van der Waals surface area contributed by atoms with E-state index in [0.717, 1.165) is 109 Å². The number of carbonyl (C=O) groups is 3. The molecule has 0 aromatic carbocycles. The van der Waals surface area contributed by atoms with Crippen LogP contribution in [0.3, 0.4) is 0 Å². The maximum atomic E-state index is 12.8. The van der Waals surface area contributed by atoms with E-state index in [1.165, 1.54) is 148 Å². The number of allylic oxidation sites excluding steroid dienone is 12. The second-order valence-electron chi connectivity index (χ2n) is 19.9. The van der Waals surface area contributed by atoms with E-state index in [0.29, 0.717) is 19.3 Å². The highest BCUT2D eigenvalue weighted by Gasteiger charge is 2.19. The molecule has 1 unspecified atom stereocenters. The monoisotopic (exact) mass is 977 g/mol. The molecule has 0 amide bonds. The first-order chi connectivity index (χ1) is 34.5. The Morgan fingerprint density at radius 1 is 0.300 bits per heavy atom. The van der Waals surface area contributed by atoms with Crippen molar-refractivity contribution in [3.63, 3.8) is 0 Å². The van der Waals surface area contributed by atoms with E-state index in [1.807, 2.05) is 0 Å². The molecule has 6 heteroatoms. The van der Waals surface area contributed by atoms with Crippen LogP contribution in [-0.4, -0.2) is 37.2 Å². The molecule has 70 heavy (non-hydrogen) atoms. The Morgan fingerprint density at radius 3 is 0.871 bits per heavy atom. The summed E-state index contributed by atoms with van der Waals surface area (Å²) in [6.07, 6.45) is 75.2. The van der Waals surface area contributed by atoms with Gasteiger partial charge in [-0.25, -0.2) is 0 Å². The van der Waals surface area contributed by atoms with Crippen LogP contribution in [0.1, 0.15) is 297 Å². The third-order valence-corrected chi connectivity index (χ3v) is 13.0. The molecule has 0 aliphatic rings. The van der Waals surface area contributed by atoms with Crippen molar-refractivity contribution >= 4 is 17.9 Å². The van der Waals surface area contributed by atoms with Crippen LogP contribution in [0, 0.1) is 0 Å². The van der Waals surface area contributed by atoms with Gasteiger partial charge in [0.2, 0.25) is 0 Å². The van der Waals surface area contributed by atoms with Gasteiger partial charge in [0.1, 0.15) is 13.2 Å². The topological polar surface area (TPSA) is 78.9 Å². The molecule has 0 heterocycles. The van der Waals surface area contributed by atoms with Crippen molar-refractivity contribution in [2.24, 2.45) is 0 Å². The quantitative estimate of drug-likeness (QED) is 0.0261. The predicted octanol–water partition coefficient (Wildman–Crippen LogP) is 20.2. The number of esters is 3. The Labute approximate surface area is 433 Å². The van der Waals surface area contributed by atoms with Crippen LogP contribution < -0.4 is 0 Å². The van der Waals surface area contributed by atoms with Crippen LogP contribution in [0.25, 0.3) is 0 Å². The second-order valence-corrected chi connectivity index (χ2v) is 19.9. The molecule has 0 aromatic heterocycles. The second kappa shape index (κ2) is 58.4.